The van der Waals surface area contributed by atoms with Gasteiger partial charge in [-0.05, 0) is 41.8 Å². The molecule has 0 bridgehead atoms. The lowest BCUT2D eigenvalue weighted by Crippen LogP contribution is -2.27. The van der Waals surface area contributed by atoms with Crippen LogP contribution in [0.2, 0.25) is 0 Å². The molecule has 2 heterocycles. The highest BCUT2D eigenvalue weighted by Gasteiger charge is 2.18. The number of thiophene rings is 1. The van der Waals surface area contributed by atoms with Crippen LogP contribution in [0.5, 0.6) is 11.5 Å². The van der Waals surface area contributed by atoms with E-state index >= 15 is 0 Å². The van der Waals surface area contributed by atoms with Crippen LogP contribution in [0.1, 0.15) is 21.7 Å². The second kappa shape index (κ2) is 9.00. The molecule has 0 atom stereocenters. The summed E-state index contributed by atoms with van der Waals surface area (Å²) in [5.74, 6) is 1.14. The molecule has 0 fully saturated rings. The monoisotopic (exact) mass is 422 g/mol. The second-order valence-electron chi connectivity index (χ2n) is 6.85. The van der Waals surface area contributed by atoms with Gasteiger partial charge in [-0.2, -0.15) is 0 Å². The standard InChI is InChI=1S/C23H22N2O4S/c1-28-19-14-20(15-5-3-2-4-6-15)30-22(19)23(27)24-11-12-29-17-8-9-18-16(13-17)7-10-21(26)25-18/h2-6,8-9,13-14H,7,10-12H2,1H3,(H,24,27)(H,25,26). The summed E-state index contributed by atoms with van der Waals surface area (Å²) in [4.78, 5) is 25.6. The van der Waals surface area contributed by atoms with Crippen LogP contribution in [0, 0.1) is 0 Å². The Hall–Kier alpha value is -3.32. The van der Waals surface area contributed by atoms with Crippen molar-refractivity contribution in [2.24, 2.45) is 0 Å². The Balaban J connectivity index is 1.33. The van der Waals surface area contributed by atoms with Crippen LogP contribution in [0.15, 0.2) is 54.6 Å². The largest absolute Gasteiger partial charge is 0.495 e. The highest BCUT2D eigenvalue weighted by molar-refractivity contribution is 7.17. The summed E-state index contributed by atoms with van der Waals surface area (Å²) in [7, 11) is 1.56. The van der Waals surface area contributed by atoms with Crippen LogP contribution >= 0.6 is 11.3 Å². The fourth-order valence-corrected chi connectivity index (χ4v) is 4.34. The van der Waals surface area contributed by atoms with Gasteiger partial charge < -0.3 is 20.1 Å². The van der Waals surface area contributed by atoms with Crippen LogP contribution in [-0.2, 0) is 11.2 Å². The van der Waals surface area contributed by atoms with Gasteiger partial charge in [-0.3, -0.25) is 9.59 Å². The number of aryl methyl sites for hydroxylation is 1. The Kier molecular flexibility index (Phi) is 5.99. The van der Waals surface area contributed by atoms with Gasteiger partial charge in [0.1, 0.15) is 23.0 Å². The van der Waals surface area contributed by atoms with Crippen LogP contribution < -0.4 is 20.1 Å². The van der Waals surface area contributed by atoms with Crippen molar-refractivity contribution in [2.45, 2.75) is 12.8 Å². The molecule has 0 radical (unpaired) electrons. The van der Waals surface area contributed by atoms with Crippen LogP contribution in [0.3, 0.4) is 0 Å². The van der Waals surface area contributed by atoms with E-state index in [2.05, 4.69) is 10.6 Å². The smallest absolute Gasteiger partial charge is 0.265 e. The summed E-state index contributed by atoms with van der Waals surface area (Å²) >= 11 is 1.40. The molecule has 7 heteroatoms. The predicted molar refractivity (Wildman–Crippen MR) is 118 cm³/mol. The Morgan fingerprint density at radius 2 is 1.97 bits per heavy atom. The summed E-state index contributed by atoms with van der Waals surface area (Å²) in [5.41, 5.74) is 2.95. The summed E-state index contributed by atoms with van der Waals surface area (Å²) in [6, 6.07) is 17.4. The third-order valence-electron chi connectivity index (χ3n) is 4.81. The van der Waals surface area contributed by atoms with E-state index in [4.69, 9.17) is 9.47 Å². The van der Waals surface area contributed by atoms with E-state index in [1.54, 1.807) is 7.11 Å². The fourth-order valence-electron chi connectivity index (χ4n) is 3.29. The molecule has 0 aliphatic carbocycles. The van der Waals surface area contributed by atoms with Crippen molar-refractivity contribution in [2.75, 3.05) is 25.6 Å². The first kappa shape index (κ1) is 20.0. The SMILES string of the molecule is COc1cc(-c2ccccc2)sc1C(=O)NCCOc1ccc2c(c1)CCC(=O)N2. The minimum absolute atomic E-state index is 0.0401. The fraction of sp³-hybridized carbons (Fsp3) is 0.217. The van der Waals surface area contributed by atoms with Crippen LogP contribution in [-0.4, -0.2) is 32.1 Å². The molecule has 0 spiro atoms. The van der Waals surface area contributed by atoms with E-state index in [0.717, 1.165) is 27.4 Å². The molecule has 6 nitrogen and oxygen atoms in total. The van der Waals surface area contributed by atoms with Crippen LogP contribution in [0.4, 0.5) is 5.69 Å². The summed E-state index contributed by atoms with van der Waals surface area (Å²) < 4.78 is 11.2. The Morgan fingerprint density at radius 3 is 2.77 bits per heavy atom. The summed E-state index contributed by atoms with van der Waals surface area (Å²) in [5, 5.41) is 5.74. The minimum atomic E-state index is -0.184. The lowest BCUT2D eigenvalue weighted by molar-refractivity contribution is -0.116. The van der Waals surface area contributed by atoms with Gasteiger partial charge >= 0.3 is 0 Å². The molecule has 30 heavy (non-hydrogen) atoms. The first-order valence-corrected chi connectivity index (χ1v) is 10.5. The highest BCUT2D eigenvalue weighted by atomic mass is 32.1. The van der Waals surface area contributed by atoms with E-state index in [0.29, 0.717) is 36.6 Å². The molecule has 2 amide bonds. The number of amides is 2. The van der Waals surface area contributed by atoms with Gasteiger partial charge in [0, 0.05) is 17.0 Å². The maximum atomic E-state index is 12.6. The average Bonchev–Trinajstić information content (AvgIpc) is 3.22. The van der Waals surface area contributed by atoms with E-state index in [1.165, 1.54) is 11.3 Å². The molecule has 4 rings (SSSR count). The van der Waals surface area contributed by atoms with Gasteiger partial charge in [-0.15, -0.1) is 11.3 Å². The van der Waals surface area contributed by atoms with Gasteiger partial charge in [0.05, 0.1) is 13.7 Å². The molecule has 1 aliphatic heterocycles. The molecule has 0 unspecified atom stereocenters. The van der Waals surface area contributed by atoms with E-state index in [9.17, 15) is 9.59 Å². The lowest BCUT2D eigenvalue weighted by atomic mass is 10.0. The predicted octanol–water partition coefficient (Wildman–Crippen LogP) is 4.12. The van der Waals surface area contributed by atoms with E-state index in [1.807, 2.05) is 54.6 Å². The highest BCUT2D eigenvalue weighted by Crippen LogP contribution is 2.36. The zero-order valence-electron chi connectivity index (χ0n) is 16.6. The molecule has 0 saturated carbocycles. The van der Waals surface area contributed by atoms with Gasteiger partial charge in [0.2, 0.25) is 5.91 Å². The Labute approximate surface area is 178 Å². The molecule has 154 valence electrons. The Bertz CT molecular complexity index is 1060. The number of benzene rings is 2. The lowest BCUT2D eigenvalue weighted by Gasteiger charge is -2.17. The maximum Gasteiger partial charge on any atom is 0.265 e. The van der Waals surface area contributed by atoms with Crippen molar-refractivity contribution in [3.8, 4) is 21.9 Å². The number of methoxy groups -OCH3 is 1. The molecule has 3 aromatic rings. The molecule has 0 saturated heterocycles. The first-order valence-electron chi connectivity index (χ1n) is 9.71. The number of rotatable bonds is 7. The summed E-state index contributed by atoms with van der Waals surface area (Å²) in [6.45, 7) is 0.713. The van der Waals surface area contributed by atoms with Gasteiger partial charge in [0.15, 0.2) is 0 Å². The Morgan fingerprint density at radius 1 is 1.13 bits per heavy atom. The normalized spacial score (nSPS) is 12.6. The topological polar surface area (TPSA) is 76.7 Å². The number of anilines is 1. The zero-order chi connectivity index (χ0) is 20.9. The average molecular weight is 423 g/mol. The third-order valence-corrected chi connectivity index (χ3v) is 5.98. The van der Waals surface area contributed by atoms with Crippen molar-refractivity contribution >= 4 is 28.8 Å². The number of fused-ring (bicyclic) bond motifs is 1. The van der Waals surface area contributed by atoms with Gasteiger partial charge in [-0.1, -0.05) is 30.3 Å². The molecular formula is C23H22N2O4S. The van der Waals surface area contributed by atoms with Crippen LogP contribution in [0.25, 0.3) is 10.4 Å². The van der Waals surface area contributed by atoms with Gasteiger partial charge in [-0.25, -0.2) is 0 Å². The number of hydrogen-bond donors (Lipinski definition) is 2. The number of ether oxygens (including phenoxy) is 2. The van der Waals surface area contributed by atoms with Crippen molar-refractivity contribution in [3.05, 3.63) is 65.0 Å². The minimum Gasteiger partial charge on any atom is -0.495 e. The number of carbonyl (C=O) groups is 2. The van der Waals surface area contributed by atoms with E-state index < -0.39 is 0 Å². The zero-order valence-corrected chi connectivity index (χ0v) is 17.4. The number of carbonyl (C=O) groups excluding carboxylic acids is 2. The van der Waals surface area contributed by atoms with Gasteiger partial charge in [0.25, 0.3) is 5.91 Å². The quantitative estimate of drug-likeness (QED) is 0.562. The van der Waals surface area contributed by atoms with Crippen molar-refractivity contribution in [1.82, 2.24) is 5.32 Å². The molecule has 2 aromatic carbocycles. The number of hydrogen-bond acceptors (Lipinski definition) is 5. The molecule has 2 N–H and O–H groups in total. The van der Waals surface area contributed by atoms with Crippen molar-refractivity contribution < 1.29 is 19.1 Å². The number of nitrogens with one attached hydrogen (secondary N) is 2. The van der Waals surface area contributed by atoms with E-state index in [-0.39, 0.29) is 11.8 Å². The molecular weight excluding hydrogens is 400 g/mol. The third kappa shape index (κ3) is 4.46. The molecule has 1 aromatic heterocycles. The first-order chi connectivity index (χ1) is 14.6. The maximum absolute atomic E-state index is 12.6. The van der Waals surface area contributed by atoms with Crippen molar-refractivity contribution in [1.29, 1.82) is 0 Å². The second-order valence-corrected chi connectivity index (χ2v) is 7.90. The summed E-state index contributed by atoms with van der Waals surface area (Å²) in [6.07, 6.45) is 1.19. The molecule has 1 aliphatic rings. The van der Waals surface area contributed by atoms with Crippen molar-refractivity contribution in [3.63, 3.8) is 0 Å².